The first-order chi connectivity index (χ1) is 13.2. The number of aryl methyl sites for hydroxylation is 2. The van der Waals surface area contributed by atoms with E-state index in [1.165, 1.54) is 73.9 Å². The van der Waals surface area contributed by atoms with E-state index in [1.54, 1.807) is 0 Å². The van der Waals surface area contributed by atoms with Gasteiger partial charge in [-0.2, -0.15) is 0 Å². The number of nitrogens with zero attached hydrogens (tertiary/aromatic N) is 1. The van der Waals surface area contributed by atoms with Gasteiger partial charge in [-0.1, -0.05) is 36.8 Å². The standard InChI is InChI=1S/C24H30N2O/c1-18(22-13-12-20-6-5-7-23(20)16-22)25-24(27)21-10-8-19(9-11-21)17-26-14-3-2-4-15-26/h8-13,16,18H,2-7,14-15,17H2,1H3,(H,25,27). The van der Waals surface area contributed by atoms with Gasteiger partial charge >= 0.3 is 0 Å². The van der Waals surface area contributed by atoms with Crippen molar-refractivity contribution in [3.8, 4) is 0 Å². The lowest BCUT2D eigenvalue weighted by Gasteiger charge is -2.26. The van der Waals surface area contributed by atoms with Crippen LogP contribution in [-0.4, -0.2) is 23.9 Å². The molecule has 0 radical (unpaired) electrons. The number of hydrogen-bond acceptors (Lipinski definition) is 2. The highest BCUT2D eigenvalue weighted by atomic mass is 16.1. The molecule has 1 aliphatic carbocycles. The number of carbonyl (C=O) groups is 1. The smallest absolute Gasteiger partial charge is 0.251 e. The molecule has 1 heterocycles. The molecule has 4 rings (SSSR count). The summed E-state index contributed by atoms with van der Waals surface area (Å²) in [4.78, 5) is 15.2. The van der Waals surface area contributed by atoms with E-state index in [2.05, 4.69) is 47.5 Å². The van der Waals surface area contributed by atoms with Crippen LogP contribution in [-0.2, 0) is 19.4 Å². The van der Waals surface area contributed by atoms with Gasteiger partial charge in [0.25, 0.3) is 5.91 Å². The van der Waals surface area contributed by atoms with Gasteiger partial charge in [-0.15, -0.1) is 0 Å². The van der Waals surface area contributed by atoms with Gasteiger partial charge in [-0.25, -0.2) is 0 Å². The minimum Gasteiger partial charge on any atom is -0.346 e. The molecule has 2 aromatic rings. The maximum atomic E-state index is 12.6. The molecular weight excluding hydrogens is 332 g/mol. The van der Waals surface area contributed by atoms with Crippen molar-refractivity contribution < 1.29 is 4.79 Å². The molecule has 0 spiro atoms. The summed E-state index contributed by atoms with van der Waals surface area (Å²) in [5.41, 5.74) is 6.16. The third-order valence-electron chi connectivity index (χ3n) is 6.04. The fourth-order valence-corrected chi connectivity index (χ4v) is 4.36. The van der Waals surface area contributed by atoms with E-state index >= 15 is 0 Å². The van der Waals surface area contributed by atoms with Crippen LogP contribution in [0.3, 0.4) is 0 Å². The predicted octanol–water partition coefficient (Wildman–Crippen LogP) is 4.65. The molecule has 3 heteroatoms. The zero-order valence-electron chi connectivity index (χ0n) is 16.3. The Kier molecular flexibility index (Phi) is 5.58. The summed E-state index contributed by atoms with van der Waals surface area (Å²) in [5, 5.41) is 3.16. The van der Waals surface area contributed by atoms with Crippen molar-refractivity contribution in [2.75, 3.05) is 13.1 Å². The van der Waals surface area contributed by atoms with Crippen LogP contribution < -0.4 is 5.32 Å². The molecule has 2 aromatic carbocycles. The van der Waals surface area contributed by atoms with Crippen molar-refractivity contribution >= 4 is 5.91 Å². The Bertz CT molecular complexity index is 791. The molecule has 0 aromatic heterocycles. The highest BCUT2D eigenvalue weighted by Crippen LogP contribution is 2.25. The second-order valence-electron chi connectivity index (χ2n) is 8.11. The molecule has 0 bridgehead atoms. The molecule has 1 atom stereocenters. The first kappa shape index (κ1) is 18.2. The van der Waals surface area contributed by atoms with Crippen LogP contribution >= 0.6 is 0 Å². The van der Waals surface area contributed by atoms with E-state index in [9.17, 15) is 4.79 Å². The first-order valence-corrected chi connectivity index (χ1v) is 10.4. The Labute approximate surface area is 162 Å². The topological polar surface area (TPSA) is 32.3 Å². The van der Waals surface area contributed by atoms with Crippen molar-refractivity contribution in [2.45, 2.75) is 58.0 Å². The summed E-state index contributed by atoms with van der Waals surface area (Å²) >= 11 is 0. The Morgan fingerprint density at radius 3 is 2.48 bits per heavy atom. The van der Waals surface area contributed by atoms with Crippen molar-refractivity contribution in [1.29, 1.82) is 0 Å². The van der Waals surface area contributed by atoms with E-state index in [4.69, 9.17) is 0 Å². The molecule has 142 valence electrons. The van der Waals surface area contributed by atoms with E-state index in [1.807, 2.05) is 12.1 Å². The lowest BCUT2D eigenvalue weighted by Crippen LogP contribution is -2.29. The summed E-state index contributed by atoms with van der Waals surface area (Å²) in [7, 11) is 0. The maximum Gasteiger partial charge on any atom is 0.251 e. The molecule has 0 saturated carbocycles. The number of rotatable bonds is 5. The lowest BCUT2D eigenvalue weighted by molar-refractivity contribution is 0.0940. The number of fused-ring (bicyclic) bond motifs is 1. The Morgan fingerprint density at radius 2 is 1.70 bits per heavy atom. The minimum atomic E-state index is 0.00696. The molecule has 1 amide bonds. The molecule has 1 fully saturated rings. The van der Waals surface area contributed by atoms with Crippen LogP contribution in [0.2, 0.25) is 0 Å². The number of amides is 1. The van der Waals surface area contributed by atoms with Gasteiger partial charge in [0.05, 0.1) is 6.04 Å². The van der Waals surface area contributed by atoms with Crippen molar-refractivity contribution in [3.05, 3.63) is 70.3 Å². The zero-order valence-corrected chi connectivity index (χ0v) is 16.3. The van der Waals surface area contributed by atoms with Crippen molar-refractivity contribution in [2.24, 2.45) is 0 Å². The highest BCUT2D eigenvalue weighted by molar-refractivity contribution is 5.94. The molecule has 1 aliphatic heterocycles. The third-order valence-corrected chi connectivity index (χ3v) is 6.04. The molecule has 27 heavy (non-hydrogen) atoms. The summed E-state index contributed by atoms with van der Waals surface area (Å²) < 4.78 is 0. The number of carbonyl (C=O) groups excluding carboxylic acids is 1. The molecule has 1 unspecified atom stereocenters. The molecule has 3 nitrogen and oxygen atoms in total. The third kappa shape index (κ3) is 4.41. The number of piperidine rings is 1. The zero-order chi connectivity index (χ0) is 18.6. The second-order valence-corrected chi connectivity index (χ2v) is 8.11. The highest BCUT2D eigenvalue weighted by Gasteiger charge is 2.16. The van der Waals surface area contributed by atoms with E-state index < -0.39 is 0 Å². The van der Waals surface area contributed by atoms with Crippen LogP contribution in [0.4, 0.5) is 0 Å². The van der Waals surface area contributed by atoms with E-state index in [0.29, 0.717) is 0 Å². The number of hydrogen-bond donors (Lipinski definition) is 1. The van der Waals surface area contributed by atoms with Gasteiger partial charge < -0.3 is 5.32 Å². The molecule has 1 N–H and O–H groups in total. The summed E-state index contributed by atoms with van der Waals surface area (Å²) in [5.74, 6) is 0.00696. The minimum absolute atomic E-state index is 0.00696. The predicted molar refractivity (Wildman–Crippen MR) is 110 cm³/mol. The van der Waals surface area contributed by atoms with Crippen LogP contribution in [0, 0.1) is 0 Å². The van der Waals surface area contributed by atoms with Crippen LogP contribution in [0.5, 0.6) is 0 Å². The second kappa shape index (κ2) is 8.26. The van der Waals surface area contributed by atoms with Crippen molar-refractivity contribution in [3.63, 3.8) is 0 Å². The van der Waals surface area contributed by atoms with Crippen LogP contribution in [0.15, 0.2) is 42.5 Å². The molecular formula is C24H30N2O. The largest absolute Gasteiger partial charge is 0.346 e. The summed E-state index contributed by atoms with van der Waals surface area (Å²) in [6, 6.07) is 14.8. The number of likely N-dealkylation sites (tertiary alicyclic amines) is 1. The Hall–Kier alpha value is -2.13. The first-order valence-electron chi connectivity index (χ1n) is 10.4. The lowest BCUT2D eigenvalue weighted by atomic mass is 10.0. The van der Waals surface area contributed by atoms with Gasteiger partial charge in [-0.05, 0) is 86.5 Å². The fourth-order valence-electron chi connectivity index (χ4n) is 4.36. The molecule has 1 saturated heterocycles. The average Bonchev–Trinajstić information content (AvgIpc) is 3.17. The normalized spacial score (nSPS) is 18.1. The van der Waals surface area contributed by atoms with Gasteiger partial charge in [0, 0.05) is 12.1 Å². The maximum absolute atomic E-state index is 12.6. The van der Waals surface area contributed by atoms with E-state index in [-0.39, 0.29) is 11.9 Å². The van der Waals surface area contributed by atoms with Gasteiger partial charge in [-0.3, -0.25) is 9.69 Å². The van der Waals surface area contributed by atoms with Crippen LogP contribution in [0.25, 0.3) is 0 Å². The summed E-state index contributed by atoms with van der Waals surface area (Å²) in [6.07, 6.45) is 7.59. The Balaban J connectivity index is 1.36. The van der Waals surface area contributed by atoms with Gasteiger partial charge in [0.2, 0.25) is 0 Å². The summed E-state index contributed by atoms with van der Waals surface area (Å²) in [6.45, 7) is 5.45. The van der Waals surface area contributed by atoms with Gasteiger partial charge in [0.15, 0.2) is 0 Å². The van der Waals surface area contributed by atoms with Gasteiger partial charge in [0.1, 0.15) is 0 Å². The van der Waals surface area contributed by atoms with Crippen molar-refractivity contribution in [1.82, 2.24) is 10.2 Å². The average molecular weight is 363 g/mol. The SMILES string of the molecule is CC(NC(=O)c1ccc(CN2CCCCC2)cc1)c1ccc2c(c1)CCC2. The Morgan fingerprint density at radius 1 is 0.963 bits per heavy atom. The fraction of sp³-hybridized carbons (Fsp3) is 0.458. The monoisotopic (exact) mass is 362 g/mol. The number of nitrogens with one attached hydrogen (secondary N) is 1. The van der Waals surface area contributed by atoms with Crippen LogP contribution in [0.1, 0.15) is 71.3 Å². The molecule has 2 aliphatic rings. The quantitative estimate of drug-likeness (QED) is 0.839. The number of benzene rings is 2. The van der Waals surface area contributed by atoms with E-state index in [0.717, 1.165) is 12.1 Å².